The van der Waals surface area contributed by atoms with Crippen LogP contribution in [0.5, 0.6) is 0 Å². The molecule has 0 aliphatic carbocycles. The third-order valence-electron chi connectivity index (χ3n) is 3.07. The van der Waals surface area contributed by atoms with Crippen LogP contribution in [0.1, 0.15) is 50.4 Å². The van der Waals surface area contributed by atoms with E-state index in [1.807, 2.05) is 18.2 Å². The number of benzene rings is 1. The van der Waals surface area contributed by atoms with Crippen molar-refractivity contribution in [3.8, 4) is 0 Å². The number of hydrogen-bond donors (Lipinski definition) is 0. The average molecular weight is 260 g/mol. The van der Waals surface area contributed by atoms with Crippen LogP contribution in [0, 0.1) is 5.92 Å². The fourth-order valence-corrected chi connectivity index (χ4v) is 1.81. The van der Waals surface area contributed by atoms with Gasteiger partial charge in [-0.05, 0) is 51.2 Å². The minimum Gasteiger partial charge on any atom is -0.462 e. The molecule has 2 heteroatoms. The van der Waals surface area contributed by atoms with Gasteiger partial charge >= 0.3 is 5.97 Å². The number of rotatable bonds is 7. The highest BCUT2D eigenvalue weighted by Crippen LogP contribution is 2.12. The number of hydrogen-bond acceptors (Lipinski definition) is 2. The summed E-state index contributed by atoms with van der Waals surface area (Å²) in [6.45, 7) is 6.94. The summed E-state index contributed by atoms with van der Waals surface area (Å²) in [5.74, 6) is 0.358. The molecule has 0 bridgehead atoms. The fourth-order valence-electron chi connectivity index (χ4n) is 1.81. The molecular formula is C17H24O2. The summed E-state index contributed by atoms with van der Waals surface area (Å²) in [4.78, 5) is 11.7. The first-order valence-electron chi connectivity index (χ1n) is 6.95. The van der Waals surface area contributed by atoms with Gasteiger partial charge in [0.25, 0.3) is 0 Å². The van der Waals surface area contributed by atoms with Gasteiger partial charge in [0.15, 0.2) is 0 Å². The molecule has 19 heavy (non-hydrogen) atoms. The Morgan fingerprint density at radius 1 is 1.21 bits per heavy atom. The van der Waals surface area contributed by atoms with Gasteiger partial charge in [0.05, 0.1) is 12.2 Å². The van der Waals surface area contributed by atoms with Crippen molar-refractivity contribution in [1.29, 1.82) is 0 Å². The van der Waals surface area contributed by atoms with E-state index < -0.39 is 0 Å². The van der Waals surface area contributed by atoms with Gasteiger partial charge in [-0.3, -0.25) is 0 Å². The van der Waals surface area contributed by atoms with Crippen LogP contribution in [0.15, 0.2) is 42.0 Å². The Bertz CT molecular complexity index is 403. The molecule has 0 aliphatic rings. The van der Waals surface area contributed by atoms with Crippen molar-refractivity contribution in [2.45, 2.75) is 40.0 Å². The van der Waals surface area contributed by atoms with E-state index >= 15 is 0 Å². The Hall–Kier alpha value is -1.57. The number of carbonyl (C=O) groups is 1. The summed E-state index contributed by atoms with van der Waals surface area (Å²) >= 11 is 0. The van der Waals surface area contributed by atoms with Gasteiger partial charge in [-0.15, -0.1) is 0 Å². The molecule has 0 aromatic heterocycles. The van der Waals surface area contributed by atoms with Gasteiger partial charge in [0.1, 0.15) is 0 Å². The second-order valence-electron chi connectivity index (χ2n) is 5.25. The lowest BCUT2D eigenvalue weighted by Gasteiger charge is -2.10. The first-order chi connectivity index (χ1) is 9.09. The highest BCUT2D eigenvalue weighted by Gasteiger charge is 2.07. The molecule has 1 aromatic rings. The van der Waals surface area contributed by atoms with Gasteiger partial charge in [-0.2, -0.15) is 0 Å². The lowest BCUT2D eigenvalue weighted by Crippen LogP contribution is -2.08. The molecule has 0 N–H and O–H groups in total. The Morgan fingerprint density at radius 3 is 2.53 bits per heavy atom. The van der Waals surface area contributed by atoms with Crippen molar-refractivity contribution in [1.82, 2.24) is 0 Å². The highest BCUT2D eigenvalue weighted by molar-refractivity contribution is 5.89. The summed E-state index contributed by atoms with van der Waals surface area (Å²) < 4.78 is 5.27. The molecule has 0 saturated carbocycles. The van der Waals surface area contributed by atoms with Crippen LogP contribution in [-0.2, 0) is 4.74 Å². The topological polar surface area (TPSA) is 26.3 Å². The molecule has 1 rings (SSSR count). The maximum Gasteiger partial charge on any atom is 0.338 e. The second kappa shape index (κ2) is 8.52. The smallest absolute Gasteiger partial charge is 0.338 e. The molecule has 1 unspecified atom stereocenters. The van der Waals surface area contributed by atoms with Gasteiger partial charge in [0, 0.05) is 0 Å². The Labute approximate surface area is 116 Å². The summed E-state index contributed by atoms with van der Waals surface area (Å²) in [5, 5.41) is 0. The monoisotopic (exact) mass is 260 g/mol. The molecule has 104 valence electrons. The summed E-state index contributed by atoms with van der Waals surface area (Å²) in [5.41, 5.74) is 1.99. The molecule has 0 saturated heterocycles. The van der Waals surface area contributed by atoms with E-state index in [1.54, 1.807) is 12.1 Å². The van der Waals surface area contributed by atoms with Crippen molar-refractivity contribution in [2.75, 3.05) is 6.61 Å². The molecule has 0 amide bonds. The number of carbonyl (C=O) groups excluding carboxylic acids is 1. The SMILES string of the molecule is CC(C)=CCCC(C)CCOC(=O)c1ccccc1. The van der Waals surface area contributed by atoms with E-state index in [-0.39, 0.29) is 5.97 Å². The van der Waals surface area contributed by atoms with Crippen LogP contribution in [0.2, 0.25) is 0 Å². The van der Waals surface area contributed by atoms with Crippen LogP contribution in [0.25, 0.3) is 0 Å². The quantitative estimate of drug-likeness (QED) is 0.528. The molecule has 0 aliphatic heterocycles. The maximum atomic E-state index is 11.7. The van der Waals surface area contributed by atoms with Crippen LogP contribution < -0.4 is 0 Å². The van der Waals surface area contributed by atoms with Crippen molar-refractivity contribution >= 4 is 5.97 Å². The number of allylic oxidation sites excluding steroid dienone is 2. The van der Waals surface area contributed by atoms with Gasteiger partial charge in [-0.1, -0.05) is 36.8 Å². The lowest BCUT2D eigenvalue weighted by molar-refractivity contribution is 0.0484. The predicted molar refractivity (Wildman–Crippen MR) is 79.2 cm³/mol. The minimum atomic E-state index is -0.225. The Morgan fingerprint density at radius 2 is 1.89 bits per heavy atom. The third-order valence-corrected chi connectivity index (χ3v) is 3.07. The standard InChI is InChI=1S/C17H24O2/c1-14(2)8-7-9-15(3)12-13-19-17(18)16-10-5-4-6-11-16/h4-6,8,10-11,15H,7,9,12-13H2,1-3H3. The van der Waals surface area contributed by atoms with Gasteiger partial charge < -0.3 is 4.74 Å². The summed E-state index contributed by atoms with van der Waals surface area (Å²) in [6, 6.07) is 9.14. The summed E-state index contributed by atoms with van der Waals surface area (Å²) in [6.07, 6.45) is 5.44. The first-order valence-corrected chi connectivity index (χ1v) is 6.95. The molecule has 0 fully saturated rings. The lowest BCUT2D eigenvalue weighted by atomic mass is 10.0. The van der Waals surface area contributed by atoms with Gasteiger partial charge in [-0.25, -0.2) is 4.79 Å². The number of esters is 1. The normalized spacial score (nSPS) is 11.7. The zero-order chi connectivity index (χ0) is 14.1. The molecule has 0 radical (unpaired) electrons. The fraction of sp³-hybridized carbons (Fsp3) is 0.471. The van der Waals surface area contributed by atoms with E-state index in [1.165, 1.54) is 5.57 Å². The van der Waals surface area contributed by atoms with E-state index in [2.05, 4.69) is 26.8 Å². The number of ether oxygens (including phenoxy) is 1. The van der Waals surface area contributed by atoms with Crippen molar-refractivity contribution < 1.29 is 9.53 Å². The van der Waals surface area contributed by atoms with Crippen molar-refractivity contribution in [2.24, 2.45) is 5.92 Å². The molecule has 0 spiro atoms. The molecule has 1 atom stereocenters. The second-order valence-corrected chi connectivity index (χ2v) is 5.25. The average Bonchev–Trinajstić information content (AvgIpc) is 2.39. The van der Waals surface area contributed by atoms with Crippen LogP contribution >= 0.6 is 0 Å². The van der Waals surface area contributed by atoms with E-state index in [0.717, 1.165) is 19.3 Å². The minimum absolute atomic E-state index is 0.225. The van der Waals surface area contributed by atoms with E-state index in [4.69, 9.17) is 4.74 Å². The maximum absolute atomic E-state index is 11.7. The molecule has 0 heterocycles. The first kappa shape index (κ1) is 15.5. The third kappa shape index (κ3) is 6.80. The van der Waals surface area contributed by atoms with Gasteiger partial charge in [0.2, 0.25) is 0 Å². The zero-order valence-corrected chi connectivity index (χ0v) is 12.2. The summed E-state index contributed by atoms with van der Waals surface area (Å²) in [7, 11) is 0. The van der Waals surface area contributed by atoms with Crippen molar-refractivity contribution in [3.05, 3.63) is 47.5 Å². The van der Waals surface area contributed by atoms with Crippen LogP contribution in [0.4, 0.5) is 0 Å². The Balaban J connectivity index is 2.20. The van der Waals surface area contributed by atoms with Crippen molar-refractivity contribution in [3.63, 3.8) is 0 Å². The predicted octanol–water partition coefficient (Wildman–Crippen LogP) is 4.62. The molecule has 2 nitrogen and oxygen atoms in total. The highest BCUT2D eigenvalue weighted by atomic mass is 16.5. The molecular weight excluding hydrogens is 236 g/mol. The van der Waals surface area contributed by atoms with Crippen LogP contribution in [0.3, 0.4) is 0 Å². The molecule has 1 aromatic carbocycles. The van der Waals surface area contributed by atoms with E-state index in [0.29, 0.717) is 18.1 Å². The van der Waals surface area contributed by atoms with E-state index in [9.17, 15) is 4.79 Å². The zero-order valence-electron chi connectivity index (χ0n) is 12.2. The largest absolute Gasteiger partial charge is 0.462 e. The van der Waals surface area contributed by atoms with Crippen LogP contribution in [-0.4, -0.2) is 12.6 Å². The Kier molecular flexibility index (Phi) is 6.94.